The molecular weight excluding hydrogens is 435 g/mol. The molecule has 1 aromatic heterocycles. The highest BCUT2D eigenvalue weighted by atomic mass is 35.5. The Morgan fingerprint density at radius 1 is 1.26 bits per heavy atom. The van der Waals surface area contributed by atoms with Crippen molar-refractivity contribution < 1.29 is 9.53 Å². The van der Waals surface area contributed by atoms with E-state index in [1.807, 2.05) is 18.2 Å². The minimum atomic E-state index is -0.373. The number of pyridine rings is 1. The molecule has 1 amide bonds. The number of nitrogens with zero attached hydrogens (tertiary/aromatic N) is 4. The molecule has 8 heteroatoms. The Morgan fingerprint density at radius 2 is 2.10 bits per heavy atom. The molecule has 0 N–H and O–H groups in total. The van der Waals surface area contributed by atoms with Crippen LogP contribution in [0.3, 0.4) is 0 Å². The second kappa shape index (κ2) is 7.81. The van der Waals surface area contributed by atoms with Gasteiger partial charge in [0.1, 0.15) is 6.07 Å². The first-order chi connectivity index (χ1) is 15.0. The quantitative estimate of drug-likeness (QED) is 0.635. The fourth-order valence-electron chi connectivity index (χ4n) is 5.18. The predicted octanol–water partition coefficient (Wildman–Crippen LogP) is 5.01. The summed E-state index contributed by atoms with van der Waals surface area (Å²) in [5.74, 6) is 1.35. The number of fused-ring (bicyclic) bond motifs is 1. The molecule has 3 fully saturated rings. The standard InChI is InChI=1S/C23H20Cl2N4O2/c24-18-3-1-2-17(21(18)25)19-6-7-28-29(19)22(30)23-8-15(9-23)16(10-23)13-31-20-5-4-14(11-26)12-27-20/h1-5,7,12,15-16,19H,6,8-10,13H2. The van der Waals surface area contributed by atoms with Crippen LogP contribution in [0.1, 0.15) is 42.9 Å². The number of hydrazone groups is 1. The van der Waals surface area contributed by atoms with Gasteiger partial charge in [-0.3, -0.25) is 4.79 Å². The smallest absolute Gasteiger partial charge is 0.249 e. The second-order valence-corrected chi connectivity index (χ2v) is 9.35. The summed E-state index contributed by atoms with van der Waals surface area (Å²) < 4.78 is 5.85. The number of rotatable bonds is 5. The van der Waals surface area contributed by atoms with Crippen molar-refractivity contribution in [2.24, 2.45) is 22.4 Å². The van der Waals surface area contributed by atoms with Crippen molar-refractivity contribution in [2.75, 3.05) is 6.61 Å². The number of carbonyl (C=O) groups excluding carboxylic acids is 1. The van der Waals surface area contributed by atoms with Gasteiger partial charge in [0.05, 0.1) is 33.7 Å². The molecule has 2 heterocycles. The van der Waals surface area contributed by atoms with Gasteiger partial charge in [0.2, 0.25) is 11.8 Å². The number of carbonyl (C=O) groups is 1. The summed E-state index contributed by atoms with van der Waals surface area (Å²) in [5, 5.41) is 15.8. The van der Waals surface area contributed by atoms with Gasteiger partial charge in [0, 0.05) is 24.9 Å². The topological polar surface area (TPSA) is 78.6 Å². The van der Waals surface area contributed by atoms with Crippen LogP contribution in [0.25, 0.3) is 0 Å². The zero-order valence-corrected chi connectivity index (χ0v) is 18.2. The average molecular weight is 455 g/mol. The van der Waals surface area contributed by atoms with Gasteiger partial charge >= 0.3 is 0 Å². The maximum atomic E-state index is 13.5. The molecule has 2 atom stereocenters. The lowest BCUT2D eigenvalue weighted by Crippen LogP contribution is -2.45. The van der Waals surface area contributed by atoms with Crippen LogP contribution < -0.4 is 4.74 Å². The lowest BCUT2D eigenvalue weighted by Gasteiger charge is -2.40. The summed E-state index contributed by atoms with van der Waals surface area (Å²) in [6.45, 7) is 0.519. The van der Waals surface area contributed by atoms with E-state index in [0.29, 0.717) is 46.4 Å². The van der Waals surface area contributed by atoms with Gasteiger partial charge in [-0.05, 0) is 48.8 Å². The first-order valence-corrected chi connectivity index (χ1v) is 11.1. The normalized spacial score (nSPS) is 28.3. The van der Waals surface area contributed by atoms with E-state index >= 15 is 0 Å². The molecule has 4 aliphatic rings. The summed E-state index contributed by atoms with van der Waals surface area (Å²) in [7, 11) is 0. The maximum absolute atomic E-state index is 13.5. The molecule has 6 rings (SSSR count). The zero-order valence-electron chi connectivity index (χ0n) is 16.7. The Bertz CT molecular complexity index is 1090. The molecule has 0 saturated heterocycles. The Hall–Kier alpha value is -2.62. The van der Waals surface area contributed by atoms with Crippen molar-refractivity contribution in [1.29, 1.82) is 5.26 Å². The first kappa shape index (κ1) is 20.3. The highest BCUT2D eigenvalue weighted by molar-refractivity contribution is 6.42. The number of amides is 1. The van der Waals surface area contributed by atoms with E-state index in [-0.39, 0.29) is 17.4 Å². The van der Waals surface area contributed by atoms with Gasteiger partial charge in [-0.2, -0.15) is 10.4 Å². The minimum Gasteiger partial charge on any atom is -0.477 e. The van der Waals surface area contributed by atoms with Crippen LogP contribution in [0.2, 0.25) is 10.0 Å². The molecule has 2 unspecified atom stereocenters. The summed E-state index contributed by atoms with van der Waals surface area (Å²) in [5.41, 5.74) is 0.958. The highest BCUT2D eigenvalue weighted by Crippen LogP contribution is 2.63. The maximum Gasteiger partial charge on any atom is 0.249 e. The number of ether oxygens (including phenoxy) is 1. The minimum absolute atomic E-state index is 0.0672. The number of nitriles is 1. The fourth-order valence-corrected chi connectivity index (χ4v) is 5.62. The van der Waals surface area contributed by atoms with Crippen LogP contribution in [0.4, 0.5) is 0 Å². The summed E-state index contributed by atoms with van der Waals surface area (Å²) in [6, 6.07) is 10.7. The molecule has 1 aromatic carbocycles. The van der Waals surface area contributed by atoms with Crippen molar-refractivity contribution in [3.8, 4) is 11.9 Å². The van der Waals surface area contributed by atoms with E-state index < -0.39 is 0 Å². The van der Waals surface area contributed by atoms with Gasteiger partial charge in [-0.1, -0.05) is 35.3 Å². The molecule has 1 aliphatic heterocycles. The third kappa shape index (κ3) is 3.46. The zero-order chi connectivity index (χ0) is 21.6. The van der Waals surface area contributed by atoms with Gasteiger partial charge in [-0.25, -0.2) is 9.99 Å². The highest BCUT2D eigenvalue weighted by Gasteiger charge is 2.62. The van der Waals surface area contributed by atoms with Crippen molar-refractivity contribution in [3.63, 3.8) is 0 Å². The fraction of sp³-hybridized carbons (Fsp3) is 0.391. The van der Waals surface area contributed by atoms with Gasteiger partial charge in [0.25, 0.3) is 0 Å². The molecule has 2 bridgehead atoms. The van der Waals surface area contributed by atoms with Gasteiger partial charge in [-0.15, -0.1) is 0 Å². The average Bonchev–Trinajstić information content (AvgIpc) is 3.47. The Balaban J connectivity index is 1.26. The molecule has 2 aromatic rings. The van der Waals surface area contributed by atoms with Crippen LogP contribution in [-0.2, 0) is 4.79 Å². The Morgan fingerprint density at radius 3 is 2.84 bits per heavy atom. The van der Waals surface area contributed by atoms with E-state index in [4.69, 9.17) is 33.2 Å². The van der Waals surface area contributed by atoms with Crippen LogP contribution in [0, 0.1) is 28.6 Å². The molecule has 31 heavy (non-hydrogen) atoms. The van der Waals surface area contributed by atoms with Crippen LogP contribution >= 0.6 is 23.2 Å². The lowest BCUT2D eigenvalue weighted by molar-refractivity contribution is -0.148. The van der Waals surface area contributed by atoms with E-state index in [0.717, 1.165) is 24.8 Å². The molecular formula is C23H20Cl2N4O2. The van der Waals surface area contributed by atoms with E-state index in [9.17, 15) is 4.79 Å². The van der Waals surface area contributed by atoms with E-state index in [1.165, 1.54) is 6.20 Å². The van der Waals surface area contributed by atoms with Crippen molar-refractivity contribution in [2.45, 2.75) is 31.7 Å². The molecule has 3 saturated carbocycles. The molecule has 0 radical (unpaired) electrons. The summed E-state index contributed by atoms with van der Waals surface area (Å²) in [4.78, 5) is 17.7. The van der Waals surface area contributed by atoms with Gasteiger partial charge < -0.3 is 4.74 Å². The van der Waals surface area contributed by atoms with Crippen LogP contribution in [0.5, 0.6) is 5.88 Å². The third-order valence-corrected chi connectivity index (χ3v) is 7.60. The number of hydrogen-bond donors (Lipinski definition) is 0. The van der Waals surface area contributed by atoms with Crippen molar-refractivity contribution in [1.82, 2.24) is 9.99 Å². The third-order valence-electron chi connectivity index (χ3n) is 6.77. The number of aromatic nitrogens is 1. The lowest BCUT2D eigenvalue weighted by atomic mass is 9.68. The SMILES string of the molecule is N#Cc1ccc(OCC2CC3(C(=O)N4N=CCC4c4cccc(Cl)c4Cl)CC2C3)nc1. The van der Waals surface area contributed by atoms with E-state index in [2.05, 4.69) is 10.1 Å². The molecule has 158 valence electrons. The monoisotopic (exact) mass is 454 g/mol. The van der Waals surface area contributed by atoms with Gasteiger partial charge in [0.15, 0.2) is 0 Å². The molecule has 6 nitrogen and oxygen atoms in total. The molecule has 0 spiro atoms. The molecule has 3 aliphatic carbocycles. The first-order valence-electron chi connectivity index (χ1n) is 10.3. The van der Waals surface area contributed by atoms with Crippen molar-refractivity contribution in [3.05, 3.63) is 57.7 Å². The summed E-state index contributed by atoms with van der Waals surface area (Å²) >= 11 is 12.6. The Kier molecular flexibility index (Phi) is 5.11. The number of benzene rings is 1. The van der Waals surface area contributed by atoms with Crippen LogP contribution in [-0.4, -0.2) is 28.7 Å². The van der Waals surface area contributed by atoms with Crippen LogP contribution in [0.15, 0.2) is 41.6 Å². The Labute approximate surface area is 190 Å². The largest absolute Gasteiger partial charge is 0.477 e. The number of hydrogen-bond acceptors (Lipinski definition) is 5. The van der Waals surface area contributed by atoms with Crippen molar-refractivity contribution >= 4 is 35.3 Å². The second-order valence-electron chi connectivity index (χ2n) is 8.56. The predicted molar refractivity (Wildman–Crippen MR) is 117 cm³/mol. The summed E-state index contributed by atoms with van der Waals surface area (Å²) in [6.07, 6.45) is 6.42. The van der Waals surface area contributed by atoms with E-state index in [1.54, 1.807) is 29.4 Å². The number of halogens is 2.